The van der Waals surface area contributed by atoms with Crippen LogP contribution in [0.4, 0.5) is 18.9 Å². The van der Waals surface area contributed by atoms with Crippen LogP contribution in [-0.2, 0) is 4.79 Å². The fourth-order valence-corrected chi connectivity index (χ4v) is 3.17. The second-order valence-electron chi connectivity index (χ2n) is 6.77. The summed E-state index contributed by atoms with van der Waals surface area (Å²) in [6.45, 7) is 2.40. The Hall–Kier alpha value is -3.36. The maximum Gasteiger partial charge on any atom is 0.573 e. The van der Waals surface area contributed by atoms with Crippen molar-refractivity contribution in [1.29, 1.82) is 0 Å². The van der Waals surface area contributed by atoms with Crippen molar-refractivity contribution in [1.82, 2.24) is 10.1 Å². The molecule has 0 N–H and O–H groups in total. The molecule has 0 bridgehead atoms. The zero-order valence-corrected chi connectivity index (χ0v) is 15.3. The number of hydrogen-bond acceptors (Lipinski definition) is 5. The summed E-state index contributed by atoms with van der Waals surface area (Å²) in [5.74, 6) is -0.0394. The molecule has 1 aliphatic rings. The van der Waals surface area contributed by atoms with E-state index in [0.717, 1.165) is 11.3 Å². The van der Waals surface area contributed by atoms with Gasteiger partial charge in [0, 0.05) is 30.1 Å². The van der Waals surface area contributed by atoms with E-state index in [1.165, 1.54) is 24.3 Å². The quantitative estimate of drug-likeness (QED) is 0.643. The van der Waals surface area contributed by atoms with E-state index in [1.807, 2.05) is 31.2 Å². The van der Waals surface area contributed by atoms with E-state index in [4.69, 9.17) is 4.52 Å². The third-order valence-electron chi connectivity index (χ3n) is 4.61. The number of carbonyl (C=O) groups is 1. The highest BCUT2D eigenvalue weighted by atomic mass is 19.4. The Morgan fingerprint density at radius 2 is 1.79 bits per heavy atom. The SMILES string of the molecule is Cc1ccc(N2C[C@H](c3noc(-c4ccc(OC(F)(F)F)cc4)n3)CC2=O)cc1. The summed E-state index contributed by atoms with van der Waals surface area (Å²) < 4.78 is 45.8. The number of benzene rings is 2. The fraction of sp³-hybridized carbons (Fsp3) is 0.250. The smallest absolute Gasteiger partial charge is 0.406 e. The van der Waals surface area contributed by atoms with Crippen molar-refractivity contribution in [2.24, 2.45) is 0 Å². The topological polar surface area (TPSA) is 68.5 Å². The van der Waals surface area contributed by atoms with E-state index in [-0.39, 0.29) is 29.9 Å². The summed E-state index contributed by atoms with van der Waals surface area (Å²) in [7, 11) is 0. The number of carbonyl (C=O) groups excluding carboxylic acids is 1. The highest BCUT2D eigenvalue weighted by Crippen LogP contribution is 2.32. The lowest BCUT2D eigenvalue weighted by Gasteiger charge is -2.16. The monoisotopic (exact) mass is 403 g/mol. The van der Waals surface area contributed by atoms with E-state index in [2.05, 4.69) is 14.9 Å². The fourth-order valence-electron chi connectivity index (χ4n) is 3.17. The predicted molar refractivity (Wildman–Crippen MR) is 97.3 cm³/mol. The molecule has 4 rings (SSSR count). The number of rotatable bonds is 4. The summed E-state index contributed by atoms with van der Waals surface area (Å²) >= 11 is 0. The zero-order valence-electron chi connectivity index (χ0n) is 15.3. The first-order valence-electron chi connectivity index (χ1n) is 8.85. The Balaban J connectivity index is 1.48. The van der Waals surface area contributed by atoms with E-state index in [1.54, 1.807) is 4.90 Å². The number of amides is 1. The molecule has 3 aromatic rings. The lowest BCUT2D eigenvalue weighted by atomic mass is 10.1. The van der Waals surface area contributed by atoms with E-state index < -0.39 is 6.36 Å². The number of alkyl halides is 3. The maximum atomic E-state index is 12.4. The molecule has 1 aromatic heterocycles. The van der Waals surface area contributed by atoms with Crippen molar-refractivity contribution in [3.05, 3.63) is 59.9 Å². The molecule has 1 saturated heterocycles. The van der Waals surface area contributed by atoms with Gasteiger partial charge in [0.15, 0.2) is 5.82 Å². The largest absolute Gasteiger partial charge is 0.573 e. The van der Waals surface area contributed by atoms with Crippen LogP contribution in [0.2, 0.25) is 0 Å². The molecule has 0 unspecified atom stereocenters. The minimum absolute atomic E-state index is 0.0288. The molecule has 1 atom stereocenters. The number of halogens is 3. The molecule has 2 heterocycles. The van der Waals surface area contributed by atoms with E-state index >= 15 is 0 Å². The van der Waals surface area contributed by atoms with Crippen LogP contribution in [-0.4, -0.2) is 29.0 Å². The minimum Gasteiger partial charge on any atom is -0.406 e. The third-order valence-corrected chi connectivity index (χ3v) is 4.61. The summed E-state index contributed by atoms with van der Waals surface area (Å²) in [4.78, 5) is 18.4. The molecule has 6 nitrogen and oxygen atoms in total. The van der Waals surface area contributed by atoms with Crippen LogP contribution < -0.4 is 9.64 Å². The Bertz CT molecular complexity index is 1010. The van der Waals surface area contributed by atoms with Crippen LogP contribution in [0.5, 0.6) is 5.75 Å². The molecule has 0 spiro atoms. The molecule has 2 aromatic carbocycles. The van der Waals surface area contributed by atoms with Gasteiger partial charge in [-0.25, -0.2) is 0 Å². The Morgan fingerprint density at radius 1 is 1.10 bits per heavy atom. The molecule has 1 fully saturated rings. The molecule has 150 valence electrons. The molecule has 0 radical (unpaired) electrons. The second-order valence-corrected chi connectivity index (χ2v) is 6.77. The van der Waals surface area contributed by atoms with Gasteiger partial charge in [0.25, 0.3) is 5.89 Å². The summed E-state index contributed by atoms with van der Waals surface area (Å²) in [5, 5.41) is 3.96. The zero-order chi connectivity index (χ0) is 20.6. The highest BCUT2D eigenvalue weighted by molar-refractivity contribution is 5.96. The summed E-state index contributed by atoms with van der Waals surface area (Å²) in [6, 6.07) is 12.8. The van der Waals surface area contributed by atoms with Gasteiger partial charge in [0.2, 0.25) is 5.91 Å². The molecule has 29 heavy (non-hydrogen) atoms. The van der Waals surface area contributed by atoms with Crippen LogP contribution in [0.3, 0.4) is 0 Å². The number of aryl methyl sites for hydroxylation is 1. The van der Waals surface area contributed by atoms with Gasteiger partial charge in [-0.3, -0.25) is 4.79 Å². The lowest BCUT2D eigenvalue weighted by molar-refractivity contribution is -0.274. The number of aromatic nitrogens is 2. The summed E-state index contributed by atoms with van der Waals surface area (Å²) in [5.41, 5.74) is 2.37. The minimum atomic E-state index is -4.75. The highest BCUT2D eigenvalue weighted by Gasteiger charge is 2.35. The van der Waals surface area contributed by atoms with Crippen molar-refractivity contribution in [2.75, 3.05) is 11.4 Å². The van der Waals surface area contributed by atoms with Gasteiger partial charge in [-0.15, -0.1) is 13.2 Å². The molecule has 0 aliphatic carbocycles. The van der Waals surface area contributed by atoms with Crippen LogP contribution in [0.1, 0.15) is 23.7 Å². The van der Waals surface area contributed by atoms with Crippen LogP contribution in [0.15, 0.2) is 53.1 Å². The number of ether oxygens (including phenoxy) is 1. The van der Waals surface area contributed by atoms with Crippen molar-refractivity contribution < 1.29 is 27.2 Å². The molecular formula is C20H16F3N3O3. The van der Waals surface area contributed by atoms with Crippen molar-refractivity contribution in [3.8, 4) is 17.2 Å². The van der Waals surface area contributed by atoms with Crippen LogP contribution in [0, 0.1) is 6.92 Å². The number of hydrogen-bond donors (Lipinski definition) is 0. The lowest BCUT2D eigenvalue weighted by Crippen LogP contribution is -2.24. The molecule has 0 saturated carbocycles. The standard InChI is InChI=1S/C20H16F3N3O3/c1-12-2-6-15(7-3-12)26-11-14(10-17(26)27)18-24-19(29-25-18)13-4-8-16(9-5-13)28-20(21,22)23/h2-9,14H,10-11H2,1H3/t14-/m1/s1. The predicted octanol–water partition coefficient (Wildman–Crippen LogP) is 4.46. The van der Waals surface area contributed by atoms with Crippen molar-refractivity contribution >= 4 is 11.6 Å². The summed E-state index contributed by atoms with van der Waals surface area (Å²) in [6.07, 6.45) is -4.50. The van der Waals surface area contributed by atoms with Gasteiger partial charge >= 0.3 is 6.36 Å². The number of anilines is 1. The third kappa shape index (κ3) is 4.23. The molecule has 1 aliphatic heterocycles. The average molecular weight is 403 g/mol. The van der Waals surface area contributed by atoms with Gasteiger partial charge in [-0.2, -0.15) is 4.98 Å². The molecule has 1 amide bonds. The van der Waals surface area contributed by atoms with Gasteiger partial charge in [0.05, 0.1) is 0 Å². The Labute approximate surface area is 163 Å². The van der Waals surface area contributed by atoms with Gasteiger partial charge < -0.3 is 14.2 Å². The van der Waals surface area contributed by atoms with Crippen molar-refractivity contribution in [3.63, 3.8) is 0 Å². The van der Waals surface area contributed by atoms with Crippen molar-refractivity contribution in [2.45, 2.75) is 25.6 Å². The van der Waals surface area contributed by atoms with E-state index in [0.29, 0.717) is 17.9 Å². The van der Waals surface area contributed by atoms with Crippen LogP contribution >= 0.6 is 0 Å². The van der Waals surface area contributed by atoms with Gasteiger partial charge in [0.1, 0.15) is 5.75 Å². The van der Waals surface area contributed by atoms with Crippen LogP contribution in [0.25, 0.3) is 11.5 Å². The normalized spacial score (nSPS) is 17.0. The maximum absolute atomic E-state index is 12.4. The Kier molecular flexibility index (Phi) is 4.73. The molecular weight excluding hydrogens is 387 g/mol. The first-order valence-corrected chi connectivity index (χ1v) is 8.85. The first-order chi connectivity index (χ1) is 13.8. The second kappa shape index (κ2) is 7.23. The van der Waals surface area contributed by atoms with Gasteiger partial charge in [-0.05, 0) is 43.3 Å². The van der Waals surface area contributed by atoms with Gasteiger partial charge in [-0.1, -0.05) is 22.9 Å². The number of nitrogens with zero attached hydrogens (tertiary/aromatic N) is 3. The molecule has 9 heteroatoms. The Morgan fingerprint density at radius 3 is 2.45 bits per heavy atom. The first kappa shape index (κ1) is 19.0. The van der Waals surface area contributed by atoms with E-state index in [9.17, 15) is 18.0 Å². The average Bonchev–Trinajstić information content (AvgIpc) is 3.29.